The number of benzene rings is 2. The second kappa shape index (κ2) is 7.99. The topological polar surface area (TPSA) is 66.4 Å². The van der Waals surface area contributed by atoms with Gasteiger partial charge in [-0.1, -0.05) is 30.3 Å². The highest BCUT2D eigenvalue weighted by atomic mass is 19.4. The van der Waals surface area contributed by atoms with Gasteiger partial charge in [-0.3, -0.25) is 4.79 Å². The third kappa shape index (κ3) is 5.30. The van der Waals surface area contributed by atoms with Gasteiger partial charge in [-0.2, -0.15) is 13.2 Å². The molecule has 0 radical (unpaired) electrons. The summed E-state index contributed by atoms with van der Waals surface area (Å²) in [5, 5.41) is 11.5. The number of carbonyl (C=O) groups excluding carboxylic acids is 1. The molecule has 2 aromatic carbocycles. The van der Waals surface area contributed by atoms with Crippen molar-refractivity contribution in [3.8, 4) is 0 Å². The van der Waals surface area contributed by atoms with E-state index < -0.39 is 35.5 Å². The Morgan fingerprint density at radius 2 is 1.65 bits per heavy atom. The molecule has 4 nitrogen and oxygen atoms in total. The fraction of sp³-hybridized carbons (Fsp3) is 0.222. The summed E-state index contributed by atoms with van der Waals surface area (Å²) in [6.45, 7) is 0. The van der Waals surface area contributed by atoms with Crippen molar-refractivity contribution in [2.24, 2.45) is 0 Å². The number of carboxylic acids is 1. The Bertz CT molecular complexity index is 788. The van der Waals surface area contributed by atoms with Gasteiger partial charge in [-0.15, -0.1) is 0 Å². The zero-order chi connectivity index (χ0) is 19.3. The van der Waals surface area contributed by atoms with Crippen molar-refractivity contribution in [1.29, 1.82) is 0 Å². The molecule has 0 bridgehead atoms. The molecule has 0 aliphatic rings. The lowest BCUT2D eigenvalue weighted by molar-refractivity contribution is -0.141. The van der Waals surface area contributed by atoms with Crippen molar-refractivity contribution in [3.63, 3.8) is 0 Å². The Hall–Kier alpha value is -2.90. The van der Waals surface area contributed by atoms with E-state index in [4.69, 9.17) is 0 Å². The summed E-state index contributed by atoms with van der Waals surface area (Å²) in [7, 11) is 0. The van der Waals surface area contributed by atoms with E-state index in [1.54, 1.807) is 6.07 Å². The summed E-state index contributed by atoms with van der Waals surface area (Å²) in [5.41, 5.74) is -0.412. The zero-order valence-electron chi connectivity index (χ0n) is 13.4. The lowest BCUT2D eigenvalue weighted by Crippen LogP contribution is -2.43. The van der Waals surface area contributed by atoms with E-state index in [1.165, 1.54) is 18.2 Å². The summed E-state index contributed by atoms with van der Waals surface area (Å²) in [4.78, 5) is 23.3. The highest BCUT2D eigenvalue weighted by molar-refractivity contribution is 5.85. The number of hydrogen-bond acceptors (Lipinski definition) is 2. The van der Waals surface area contributed by atoms with Crippen LogP contribution in [0.2, 0.25) is 0 Å². The minimum atomic E-state index is -4.48. The lowest BCUT2D eigenvalue weighted by atomic mass is 10.0. The van der Waals surface area contributed by atoms with Crippen LogP contribution in [0.15, 0.2) is 48.5 Å². The molecule has 2 rings (SSSR count). The number of nitrogens with one attached hydrogen (secondary N) is 1. The minimum Gasteiger partial charge on any atom is -0.480 e. The third-order valence-corrected chi connectivity index (χ3v) is 3.66. The summed E-state index contributed by atoms with van der Waals surface area (Å²) in [5.74, 6) is -2.61. The molecule has 1 atom stereocenters. The fourth-order valence-corrected chi connectivity index (χ4v) is 2.33. The number of rotatable bonds is 6. The second-order valence-corrected chi connectivity index (χ2v) is 5.63. The molecule has 1 amide bonds. The van der Waals surface area contributed by atoms with E-state index in [2.05, 4.69) is 5.32 Å². The Balaban J connectivity index is 2.02. The van der Waals surface area contributed by atoms with Crippen LogP contribution in [0.3, 0.4) is 0 Å². The number of hydrogen-bond donors (Lipinski definition) is 2. The average Bonchev–Trinajstić information content (AvgIpc) is 2.55. The van der Waals surface area contributed by atoms with E-state index >= 15 is 0 Å². The molecule has 0 unspecified atom stereocenters. The predicted molar refractivity (Wildman–Crippen MR) is 84.8 cm³/mol. The molecular formula is C18H15F4NO3. The van der Waals surface area contributed by atoms with E-state index in [9.17, 15) is 32.3 Å². The number of aliphatic carboxylic acids is 1. The minimum absolute atomic E-state index is 0.134. The Morgan fingerprint density at radius 3 is 2.19 bits per heavy atom. The molecule has 138 valence electrons. The van der Waals surface area contributed by atoms with Crippen LogP contribution in [-0.4, -0.2) is 23.0 Å². The molecule has 26 heavy (non-hydrogen) atoms. The monoisotopic (exact) mass is 369 g/mol. The van der Waals surface area contributed by atoms with Crippen LogP contribution in [0.5, 0.6) is 0 Å². The first-order chi connectivity index (χ1) is 12.2. The van der Waals surface area contributed by atoms with Crippen LogP contribution in [0.4, 0.5) is 17.6 Å². The third-order valence-electron chi connectivity index (χ3n) is 3.66. The molecule has 2 aromatic rings. The first kappa shape index (κ1) is 19.4. The second-order valence-electron chi connectivity index (χ2n) is 5.63. The number of carbonyl (C=O) groups is 2. The van der Waals surface area contributed by atoms with Crippen molar-refractivity contribution in [2.45, 2.75) is 25.1 Å². The predicted octanol–water partition coefficient (Wildman–Crippen LogP) is 3.20. The summed E-state index contributed by atoms with van der Waals surface area (Å²) in [6, 6.07) is 8.22. The van der Waals surface area contributed by atoms with Gasteiger partial charge in [-0.25, -0.2) is 9.18 Å². The van der Waals surface area contributed by atoms with E-state index in [1.807, 2.05) is 0 Å². The Labute approximate surface area is 146 Å². The van der Waals surface area contributed by atoms with Gasteiger partial charge in [0.1, 0.15) is 11.9 Å². The van der Waals surface area contributed by atoms with Crippen molar-refractivity contribution in [1.82, 2.24) is 5.32 Å². The van der Waals surface area contributed by atoms with Crippen molar-refractivity contribution in [2.75, 3.05) is 0 Å². The lowest BCUT2D eigenvalue weighted by Gasteiger charge is -2.15. The van der Waals surface area contributed by atoms with Gasteiger partial charge in [0, 0.05) is 6.42 Å². The molecule has 2 N–H and O–H groups in total. The van der Waals surface area contributed by atoms with Crippen LogP contribution in [0, 0.1) is 5.82 Å². The molecule has 8 heteroatoms. The average molecular weight is 369 g/mol. The first-order valence-electron chi connectivity index (χ1n) is 7.58. The number of amides is 1. The highest BCUT2D eigenvalue weighted by Crippen LogP contribution is 2.29. The van der Waals surface area contributed by atoms with E-state index in [0.29, 0.717) is 5.56 Å². The molecular weight excluding hydrogens is 354 g/mol. The maximum absolute atomic E-state index is 13.6. The molecule has 0 aromatic heterocycles. The molecule has 0 aliphatic carbocycles. The maximum atomic E-state index is 13.6. The van der Waals surface area contributed by atoms with Crippen molar-refractivity contribution in [3.05, 3.63) is 71.0 Å². The van der Waals surface area contributed by atoms with E-state index in [-0.39, 0.29) is 18.4 Å². The maximum Gasteiger partial charge on any atom is 0.416 e. The number of alkyl halides is 3. The van der Waals surface area contributed by atoms with Gasteiger partial charge in [0.15, 0.2) is 0 Å². The highest BCUT2D eigenvalue weighted by Gasteiger charge is 2.30. The van der Waals surface area contributed by atoms with Gasteiger partial charge < -0.3 is 10.4 Å². The van der Waals surface area contributed by atoms with Crippen LogP contribution in [0.1, 0.15) is 16.7 Å². The molecule has 0 heterocycles. The van der Waals surface area contributed by atoms with Gasteiger partial charge in [0.2, 0.25) is 5.91 Å². The number of halogens is 4. The van der Waals surface area contributed by atoms with Gasteiger partial charge in [0.05, 0.1) is 12.0 Å². The Kier molecular flexibility index (Phi) is 5.97. The van der Waals surface area contributed by atoms with Gasteiger partial charge in [-0.05, 0) is 29.3 Å². The van der Waals surface area contributed by atoms with E-state index in [0.717, 1.165) is 24.3 Å². The van der Waals surface area contributed by atoms with Crippen molar-refractivity contribution < 1.29 is 32.3 Å². The zero-order valence-corrected chi connectivity index (χ0v) is 13.4. The molecule has 0 spiro atoms. The largest absolute Gasteiger partial charge is 0.480 e. The van der Waals surface area contributed by atoms with Gasteiger partial charge >= 0.3 is 12.1 Å². The number of carboxylic acid groups (broad SMARTS) is 1. The van der Waals surface area contributed by atoms with Crippen LogP contribution >= 0.6 is 0 Å². The molecule has 0 saturated heterocycles. The summed E-state index contributed by atoms with van der Waals surface area (Å²) < 4.78 is 51.2. The summed E-state index contributed by atoms with van der Waals surface area (Å²) in [6.07, 6.45) is -5.02. The molecule has 0 fully saturated rings. The standard InChI is InChI=1S/C18H15F4NO3/c19-14-4-2-1-3-12(14)10-15(17(25)26)23-16(24)9-11-5-7-13(8-6-11)18(20,21)22/h1-8,15H,9-10H2,(H,23,24)(H,25,26)/t15-/m1/s1. The van der Waals surface area contributed by atoms with Crippen LogP contribution < -0.4 is 5.32 Å². The van der Waals surface area contributed by atoms with Crippen LogP contribution in [-0.2, 0) is 28.6 Å². The quantitative estimate of drug-likeness (QED) is 0.769. The summed E-state index contributed by atoms with van der Waals surface area (Å²) >= 11 is 0. The first-order valence-corrected chi connectivity index (χ1v) is 7.58. The SMILES string of the molecule is O=C(Cc1ccc(C(F)(F)F)cc1)N[C@H](Cc1ccccc1F)C(=O)O. The van der Waals surface area contributed by atoms with Gasteiger partial charge in [0.25, 0.3) is 0 Å². The Morgan fingerprint density at radius 1 is 1.04 bits per heavy atom. The fourth-order valence-electron chi connectivity index (χ4n) is 2.33. The molecule has 0 aliphatic heterocycles. The molecule has 0 saturated carbocycles. The smallest absolute Gasteiger partial charge is 0.416 e. The van der Waals surface area contributed by atoms with Crippen molar-refractivity contribution >= 4 is 11.9 Å². The van der Waals surface area contributed by atoms with Crippen LogP contribution in [0.25, 0.3) is 0 Å². The normalized spacial score (nSPS) is 12.5.